The predicted octanol–water partition coefficient (Wildman–Crippen LogP) is 2.70. The molecule has 0 aromatic heterocycles. The highest BCUT2D eigenvalue weighted by Gasteiger charge is 2.24. The smallest absolute Gasteiger partial charge is 0.305 e. The summed E-state index contributed by atoms with van der Waals surface area (Å²) in [5.74, 6) is -0.501. The molecular formula is C18H18FN3O4. The van der Waals surface area contributed by atoms with E-state index in [1.54, 1.807) is 12.0 Å². The lowest BCUT2D eigenvalue weighted by molar-refractivity contribution is -0.387. The molecule has 2 aromatic carbocycles. The molecule has 0 saturated carbocycles. The first-order valence-electron chi connectivity index (χ1n) is 8.12. The third-order valence-corrected chi connectivity index (χ3v) is 4.39. The number of ether oxygens (including phenoxy) is 1. The molecule has 1 aliphatic heterocycles. The molecule has 0 N–H and O–H groups in total. The van der Waals surface area contributed by atoms with E-state index in [1.807, 2.05) is 24.3 Å². The first-order chi connectivity index (χ1) is 12.5. The summed E-state index contributed by atoms with van der Waals surface area (Å²) < 4.78 is 18.6. The SMILES string of the molecule is COc1ccc(N2CCN(C(=O)c3ccc(F)c([N+](=O)[O-])c3)CC2)cc1. The number of carbonyl (C=O) groups is 1. The fraction of sp³-hybridized carbons (Fsp3) is 0.278. The first kappa shape index (κ1) is 17.7. The standard InChI is InChI=1S/C18H18FN3O4/c1-26-15-5-3-14(4-6-15)20-8-10-21(11-9-20)18(23)13-2-7-16(19)17(12-13)22(24)25/h2-7,12H,8-11H2,1H3. The molecule has 0 bridgehead atoms. The zero-order valence-electron chi connectivity index (χ0n) is 14.2. The van der Waals surface area contributed by atoms with Crippen molar-refractivity contribution in [2.75, 3.05) is 38.2 Å². The number of nitro benzene ring substituents is 1. The van der Waals surface area contributed by atoms with Crippen molar-refractivity contribution in [2.45, 2.75) is 0 Å². The highest BCUT2D eigenvalue weighted by atomic mass is 19.1. The van der Waals surface area contributed by atoms with Gasteiger partial charge >= 0.3 is 5.69 Å². The maximum Gasteiger partial charge on any atom is 0.305 e. The molecule has 1 amide bonds. The van der Waals surface area contributed by atoms with E-state index in [9.17, 15) is 19.3 Å². The lowest BCUT2D eigenvalue weighted by Gasteiger charge is -2.36. The maximum absolute atomic E-state index is 13.4. The van der Waals surface area contributed by atoms with E-state index < -0.39 is 16.4 Å². The molecule has 0 spiro atoms. The molecule has 136 valence electrons. The van der Waals surface area contributed by atoms with Gasteiger partial charge < -0.3 is 14.5 Å². The number of hydrogen-bond acceptors (Lipinski definition) is 5. The number of methoxy groups -OCH3 is 1. The minimum Gasteiger partial charge on any atom is -0.497 e. The molecule has 2 aromatic rings. The van der Waals surface area contributed by atoms with Crippen molar-refractivity contribution in [1.82, 2.24) is 4.90 Å². The van der Waals surface area contributed by atoms with Crippen LogP contribution < -0.4 is 9.64 Å². The van der Waals surface area contributed by atoms with Crippen LogP contribution in [0.25, 0.3) is 0 Å². The van der Waals surface area contributed by atoms with E-state index in [-0.39, 0.29) is 11.5 Å². The Morgan fingerprint density at radius 3 is 2.35 bits per heavy atom. The second-order valence-electron chi connectivity index (χ2n) is 5.90. The quantitative estimate of drug-likeness (QED) is 0.620. The van der Waals surface area contributed by atoms with Crippen molar-refractivity contribution < 1.29 is 18.8 Å². The molecule has 1 saturated heterocycles. The van der Waals surface area contributed by atoms with Crippen LogP contribution in [-0.4, -0.2) is 49.0 Å². The van der Waals surface area contributed by atoms with Gasteiger partial charge in [0.25, 0.3) is 5.91 Å². The Labute approximate surface area is 149 Å². The van der Waals surface area contributed by atoms with Crippen LogP contribution in [0.15, 0.2) is 42.5 Å². The molecular weight excluding hydrogens is 341 g/mol. The molecule has 0 radical (unpaired) electrons. The Bertz CT molecular complexity index is 818. The lowest BCUT2D eigenvalue weighted by Crippen LogP contribution is -2.48. The number of benzene rings is 2. The summed E-state index contributed by atoms with van der Waals surface area (Å²) in [6.07, 6.45) is 0. The number of nitrogens with zero attached hydrogens (tertiary/aromatic N) is 3. The second-order valence-corrected chi connectivity index (χ2v) is 5.90. The van der Waals surface area contributed by atoms with Gasteiger partial charge in [0, 0.05) is 43.5 Å². The van der Waals surface area contributed by atoms with Gasteiger partial charge in [-0.2, -0.15) is 4.39 Å². The lowest BCUT2D eigenvalue weighted by atomic mass is 10.1. The van der Waals surface area contributed by atoms with Crippen LogP contribution in [0.1, 0.15) is 10.4 Å². The minimum absolute atomic E-state index is 0.121. The Hall–Kier alpha value is -3.16. The second kappa shape index (κ2) is 7.38. The summed E-state index contributed by atoms with van der Waals surface area (Å²) in [6, 6.07) is 10.9. The first-order valence-corrected chi connectivity index (χ1v) is 8.12. The summed E-state index contributed by atoms with van der Waals surface area (Å²) in [5.41, 5.74) is 0.471. The average Bonchev–Trinajstić information content (AvgIpc) is 2.68. The van der Waals surface area contributed by atoms with Crippen molar-refractivity contribution in [2.24, 2.45) is 0 Å². The van der Waals surface area contributed by atoms with Crippen LogP contribution in [0.4, 0.5) is 15.8 Å². The van der Waals surface area contributed by atoms with E-state index in [4.69, 9.17) is 4.74 Å². The molecule has 8 heteroatoms. The molecule has 0 unspecified atom stereocenters. The van der Waals surface area contributed by atoms with Gasteiger partial charge in [-0.15, -0.1) is 0 Å². The summed E-state index contributed by atoms with van der Waals surface area (Å²) in [4.78, 5) is 26.3. The van der Waals surface area contributed by atoms with E-state index >= 15 is 0 Å². The molecule has 3 rings (SSSR count). The summed E-state index contributed by atoms with van der Waals surface area (Å²) in [7, 11) is 1.61. The number of halogens is 1. The van der Waals surface area contributed by atoms with Gasteiger partial charge in [0.1, 0.15) is 5.75 Å². The van der Waals surface area contributed by atoms with Crippen molar-refractivity contribution >= 4 is 17.3 Å². The van der Waals surface area contributed by atoms with Gasteiger partial charge in [-0.3, -0.25) is 14.9 Å². The molecule has 0 aliphatic carbocycles. The van der Waals surface area contributed by atoms with Crippen LogP contribution in [-0.2, 0) is 0 Å². The van der Waals surface area contributed by atoms with Crippen LogP contribution in [0.2, 0.25) is 0 Å². The van der Waals surface area contributed by atoms with E-state index in [1.165, 1.54) is 6.07 Å². The number of anilines is 1. The largest absolute Gasteiger partial charge is 0.497 e. The van der Waals surface area contributed by atoms with Crippen LogP contribution in [0, 0.1) is 15.9 Å². The van der Waals surface area contributed by atoms with Crippen LogP contribution in [0.3, 0.4) is 0 Å². The molecule has 1 aliphatic rings. The van der Waals surface area contributed by atoms with Gasteiger partial charge in [-0.1, -0.05) is 0 Å². The molecule has 1 fully saturated rings. The van der Waals surface area contributed by atoms with Gasteiger partial charge in [-0.25, -0.2) is 0 Å². The molecule has 1 heterocycles. The number of piperazine rings is 1. The summed E-state index contributed by atoms with van der Waals surface area (Å²) in [5, 5.41) is 10.8. The highest BCUT2D eigenvalue weighted by molar-refractivity contribution is 5.95. The van der Waals surface area contributed by atoms with Gasteiger partial charge in [0.2, 0.25) is 5.82 Å². The number of hydrogen-bond donors (Lipinski definition) is 0. The topological polar surface area (TPSA) is 75.9 Å². The molecule has 7 nitrogen and oxygen atoms in total. The van der Waals surface area contributed by atoms with E-state index in [0.717, 1.165) is 23.6 Å². The Morgan fingerprint density at radius 1 is 1.12 bits per heavy atom. The third kappa shape index (κ3) is 3.58. The molecule has 0 atom stereocenters. The third-order valence-electron chi connectivity index (χ3n) is 4.39. The van der Waals surface area contributed by atoms with Gasteiger partial charge in [0.15, 0.2) is 0 Å². The van der Waals surface area contributed by atoms with Gasteiger partial charge in [-0.05, 0) is 36.4 Å². The fourth-order valence-corrected chi connectivity index (χ4v) is 2.93. The van der Waals surface area contributed by atoms with Crippen molar-refractivity contribution in [1.29, 1.82) is 0 Å². The Balaban J connectivity index is 1.66. The van der Waals surface area contributed by atoms with E-state index in [2.05, 4.69) is 4.90 Å². The summed E-state index contributed by atoms with van der Waals surface area (Å²) in [6.45, 7) is 2.24. The summed E-state index contributed by atoms with van der Waals surface area (Å²) >= 11 is 0. The average molecular weight is 359 g/mol. The Morgan fingerprint density at radius 2 is 1.77 bits per heavy atom. The van der Waals surface area contributed by atoms with Crippen molar-refractivity contribution in [3.63, 3.8) is 0 Å². The number of nitro groups is 1. The highest BCUT2D eigenvalue weighted by Crippen LogP contribution is 2.22. The van der Waals surface area contributed by atoms with Gasteiger partial charge in [0.05, 0.1) is 12.0 Å². The fourth-order valence-electron chi connectivity index (χ4n) is 2.93. The number of amides is 1. The van der Waals surface area contributed by atoms with Crippen LogP contribution in [0.5, 0.6) is 5.75 Å². The predicted molar refractivity (Wildman–Crippen MR) is 94.2 cm³/mol. The monoisotopic (exact) mass is 359 g/mol. The Kier molecular flexibility index (Phi) is 5.01. The van der Waals surface area contributed by atoms with Crippen molar-refractivity contribution in [3.05, 3.63) is 64.0 Å². The normalized spacial score (nSPS) is 14.2. The number of carbonyl (C=O) groups excluding carboxylic acids is 1. The molecule has 26 heavy (non-hydrogen) atoms. The maximum atomic E-state index is 13.4. The minimum atomic E-state index is -0.948. The zero-order chi connectivity index (χ0) is 18.7. The number of rotatable bonds is 4. The van der Waals surface area contributed by atoms with E-state index in [0.29, 0.717) is 26.2 Å². The van der Waals surface area contributed by atoms with Crippen LogP contribution >= 0.6 is 0 Å². The zero-order valence-corrected chi connectivity index (χ0v) is 14.2. The van der Waals surface area contributed by atoms with Crippen molar-refractivity contribution in [3.8, 4) is 5.75 Å².